The van der Waals surface area contributed by atoms with E-state index in [9.17, 15) is 4.79 Å². The van der Waals surface area contributed by atoms with Crippen LogP contribution < -0.4 is 5.32 Å². The van der Waals surface area contributed by atoms with Gasteiger partial charge in [-0.15, -0.1) is 0 Å². The molecule has 0 aliphatic carbocycles. The second kappa shape index (κ2) is 4.57. The number of amides is 1. The Bertz CT molecular complexity index is 478. The van der Waals surface area contributed by atoms with E-state index in [2.05, 4.69) is 15.4 Å². The Kier molecular flexibility index (Phi) is 2.95. The molecule has 0 saturated heterocycles. The highest BCUT2D eigenvalue weighted by Gasteiger charge is 2.08. The summed E-state index contributed by atoms with van der Waals surface area (Å²) < 4.78 is 1.71. The van der Waals surface area contributed by atoms with Gasteiger partial charge in [-0.2, -0.15) is 5.10 Å². The summed E-state index contributed by atoms with van der Waals surface area (Å²) in [6, 6.07) is 6.97. The van der Waals surface area contributed by atoms with Crippen LogP contribution in [0.2, 0.25) is 0 Å². The van der Waals surface area contributed by atoms with E-state index in [1.54, 1.807) is 41.3 Å². The van der Waals surface area contributed by atoms with Gasteiger partial charge in [0.05, 0.1) is 6.20 Å². The van der Waals surface area contributed by atoms with Crippen molar-refractivity contribution in [1.29, 1.82) is 0 Å². The molecule has 0 aliphatic rings. The van der Waals surface area contributed by atoms with E-state index < -0.39 is 0 Å². The molecule has 0 spiro atoms. The maximum absolute atomic E-state index is 11.8. The number of hydrogen-bond donors (Lipinski definition) is 1. The van der Waals surface area contributed by atoms with E-state index in [4.69, 9.17) is 0 Å². The minimum Gasteiger partial charge on any atom is -0.305 e. The predicted molar refractivity (Wildman–Crippen MR) is 60.1 cm³/mol. The van der Waals surface area contributed by atoms with Gasteiger partial charge in [-0.3, -0.25) is 9.78 Å². The van der Waals surface area contributed by atoms with E-state index in [0.29, 0.717) is 18.1 Å². The van der Waals surface area contributed by atoms with Gasteiger partial charge in [-0.05, 0) is 19.1 Å². The molecule has 0 aliphatic heterocycles. The van der Waals surface area contributed by atoms with Crippen LogP contribution >= 0.6 is 0 Å². The number of nitrogens with zero attached hydrogens (tertiary/aromatic N) is 3. The zero-order valence-electron chi connectivity index (χ0n) is 8.92. The van der Waals surface area contributed by atoms with Crippen molar-refractivity contribution in [2.45, 2.75) is 13.5 Å². The van der Waals surface area contributed by atoms with Gasteiger partial charge >= 0.3 is 0 Å². The summed E-state index contributed by atoms with van der Waals surface area (Å²) in [5, 5.41) is 6.82. The van der Waals surface area contributed by atoms with Crippen LogP contribution in [-0.2, 0) is 6.54 Å². The van der Waals surface area contributed by atoms with Crippen molar-refractivity contribution in [2.24, 2.45) is 0 Å². The first kappa shape index (κ1) is 10.4. The molecule has 0 unspecified atom stereocenters. The van der Waals surface area contributed by atoms with E-state index in [0.717, 1.165) is 0 Å². The monoisotopic (exact) mass is 216 g/mol. The molecule has 0 saturated carbocycles. The van der Waals surface area contributed by atoms with Gasteiger partial charge in [0, 0.05) is 18.8 Å². The van der Waals surface area contributed by atoms with E-state index in [1.165, 1.54) is 0 Å². The molecule has 0 radical (unpaired) electrons. The minimum absolute atomic E-state index is 0.226. The fourth-order valence-corrected chi connectivity index (χ4v) is 1.37. The molecule has 5 heteroatoms. The molecule has 2 aromatic heterocycles. The molecule has 2 aromatic rings. The fourth-order valence-electron chi connectivity index (χ4n) is 1.37. The topological polar surface area (TPSA) is 59.8 Å². The van der Waals surface area contributed by atoms with E-state index in [-0.39, 0.29) is 5.91 Å². The molecular formula is C11H12N4O. The third kappa shape index (κ3) is 2.08. The SMILES string of the molecule is CCn1nccc1NC(=O)c1ccccn1. The van der Waals surface area contributed by atoms with Crippen molar-refractivity contribution in [3.8, 4) is 0 Å². The lowest BCUT2D eigenvalue weighted by atomic mass is 10.3. The average Bonchev–Trinajstić information content (AvgIpc) is 2.77. The fraction of sp³-hybridized carbons (Fsp3) is 0.182. The lowest BCUT2D eigenvalue weighted by molar-refractivity contribution is 0.102. The third-order valence-corrected chi connectivity index (χ3v) is 2.16. The van der Waals surface area contributed by atoms with Crippen LogP contribution in [0, 0.1) is 0 Å². The smallest absolute Gasteiger partial charge is 0.275 e. The summed E-state index contributed by atoms with van der Waals surface area (Å²) in [6.45, 7) is 2.67. The average molecular weight is 216 g/mol. The number of carbonyl (C=O) groups excluding carboxylic acids is 1. The number of aryl methyl sites for hydroxylation is 1. The molecule has 5 nitrogen and oxygen atoms in total. The van der Waals surface area contributed by atoms with E-state index >= 15 is 0 Å². The molecular weight excluding hydrogens is 204 g/mol. The summed E-state index contributed by atoms with van der Waals surface area (Å²) in [5.74, 6) is 0.453. The third-order valence-electron chi connectivity index (χ3n) is 2.16. The Balaban J connectivity index is 2.14. The van der Waals surface area contributed by atoms with Crippen LogP contribution in [0.3, 0.4) is 0 Å². The summed E-state index contributed by atoms with van der Waals surface area (Å²) >= 11 is 0. The van der Waals surface area contributed by atoms with Crippen LogP contribution in [0.5, 0.6) is 0 Å². The molecule has 1 N–H and O–H groups in total. The van der Waals surface area contributed by atoms with Crippen molar-refractivity contribution >= 4 is 11.7 Å². The van der Waals surface area contributed by atoms with Gasteiger partial charge in [0.2, 0.25) is 0 Å². The first-order valence-electron chi connectivity index (χ1n) is 5.05. The zero-order chi connectivity index (χ0) is 11.4. The molecule has 0 atom stereocenters. The highest BCUT2D eigenvalue weighted by atomic mass is 16.2. The van der Waals surface area contributed by atoms with E-state index in [1.807, 2.05) is 6.92 Å². The Hall–Kier alpha value is -2.17. The lowest BCUT2D eigenvalue weighted by Gasteiger charge is -2.05. The van der Waals surface area contributed by atoms with Crippen LogP contribution in [-0.4, -0.2) is 20.7 Å². The van der Waals surface area contributed by atoms with Crippen molar-refractivity contribution in [2.75, 3.05) is 5.32 Å². The van der Waals surface area contributed by atoms with Crippen molar-refractivity contribution < 1.29 is 4.79 Å². The quantitative estimate of drug-likeness (QED) is 0.846. The Morgan fingerprint density at radius 1 is 1.38 bits per heavy atom. The van der Waals surface area contributed by atoms with Crippen molar-refractivity contribution in [3.05, 3.63) is 42.4 Å². The van der Waals surface area contributed by atoms with Crippen molar-refractivity contribution in [1.82, 2.24) is 14.8 Å². The van der Waals surface area contributed by atoms with Gasteiger partial charge in [-0.1, -0.05) is 6.07 Å². The summed E-state index contributed by atoms with van der Waals surface area (Å²) in [5.41, 5.74) is 0.395. The second-order valence-corrected chi connectivity index (χ2v) is 3.20. The number of nitrogens with one attached hydrogen (secondary N) is 1. The first-order valence-corrected chi connectivity index (χ1v) is 5.05. The second-order valence-electron chi connectivity index (χ2n) is 3.20. The molecule has 1 amide bonds. The summed E-state index contributed by atoms with van der Waals surface area (Å²) in [6.07, 6.45) is 3.24. The van der Waals surface area contributed by atoms with Gasteiger partial charge in [0.15, 0.2) is 0 Å². The summed E-state index contributed by atoms with van der Waals surface area (Å²) in [4.78, 5) is 15.7. The molecule has 82 valence electrons. The maximum Gasteiger partial charge on any atom is 0.275 e. The molecule has 0 fully saturated rings. The summed E-state index contributed by atoms with van der Waals surface area (Å²) in [7, 11) is 0. The Morgan fingerprint density at radius 3 is 2.94 bits per heavy atom. The maximum atomic E-state index is 11.8. The molecule has 2 heterocycles. The Labute approximate surface area is 93.1 Å². The van der Waals surface area contributed by atoms with Gasteiger partial charge in [-0.25, -0.2) is 4.68 Å². The Morgan fingerprint density at radius 2 is 2.25 bits per heavy atom. The zero-order valence-corrected chi connectivity index (χ0v) is 8.92. The number of anilines is 1. The number of carbonyl (C=O) groups is 1. The largest absolute Gasteiger partial charge is 0.305 e. The number of aromatic nitrogens is 3. The van der Waals surface area contributed by atoms with Gasteiger partial charge < -0.3 is 5.32 Å². The van der Waals surface area contributed by atoms with Crippen LogP contribution in [0.15, 0.2) is 36.7 Å². The van der Waals surface area contributed by atoms with Gasteiger partial charge in [0.25, 0.3) is 5.91 Å². The van der Waals surface area contributed by atoms with Crippen molar-refractivity contribution in [3.63, 3.8) is 0 Å². The minimum atomic E-state index is -0.226. The first-order chi connectivity index (χ1) is 7.81. The lowest BCUT2D eigenvalue weighted by Crippen LogP contribution is -2.16. The van der Waals surface area contributed by atoms with Gasteiger partial charge in [0.1, 0.15) is 11.5 Å². The highest BCUT2D eigenvalue weighted by Crippen LogP contribution is 2.07. The van der Waals surface area contributed by atoms with Crippen LogP contribution in [0.4, 0.5) is 5.82 Å². The molecule has 2 rings (SSSR count). The molecule has 0 aromatic carbocycles. The predicted octanol–water partition coefficient (Wildman–Crippen LogP) is 1.55. The van der Waals surface area contributed by atoms with Crippen LogP contribution in [0.25, 0.3) is 0 Å². The number of pyridine rings is 1. The number of rotatable bonds is 3. The highest BCUT2D eigenvalue weighted by molar-refractivity contribution is 6.02. The standard InChI is InChI=1S/C11H12N4O/c1-2-15-10(6-8-13-15)14-11(16)9-5-3-4-7-12-9/h3-8H,2H2,1H3,(H,14,16). The molecule has 0 bridgehead atoms. The molecule has 16 heavy (non-hydrogen) atoms. The normalized spacial score (nSPS) is 10.1. The van der Waals surface area contributed by atoms with Crippen LogP contribution in [0.1, 0.15) is 17.4 Å². The number of hydrogen-bond acceptors (Lipinski definition) is 3.